The summed E-state index contributed by atoms with van der Waals surface area (Å²) in [6.07, 6.45) is 2.13. The molecule has 1 aliphatic rings. The van der Waals surface area contributed by atoms with E-state index in [1.165, 1.54) is 0 Å². The van der Waals surface area contributed by atoms with Crippen molar-refractivity contribution in [1.29, 1.82) is 0 Å². The van der Waals surface area contributed by atoms with Gasteiger partial charge in [-0.15, -0.1) is 0 Å². The van der Waals surface area contributed by atoms with Crippen LogP contribution in [0.25, 0.3) is 0 Å². The summed E-state index contributed by atoms with van der Waals surface area (Å²) in [6, 6.07) is 7.23. The molecule has 0 bridgehead atoms. The first-order valence-corrected chi connectivity index (χ1v) is 7.56. The molecule has 2 atom stereocenters. The Morgan fingerprint density at radius 3 is 2.77 bits per heavy atom. The Labute approximate surface area is 130 Å². The highest BCUT2D eigenvalue weighted by Crippen LogP contribution is 2.18. The number of carbonyl (C=O) groups excluding carboxylic acids is 2. The number of ether oxygens (including phenoxy) is 1. The van der Waals surface area contributed by atoms with E-state index in [0.717, 1.165) is 17.7 Å². The third kappa shape index (κ3) is 4.73. The molecule has 0 heterocycles. The standard InChI is InChI=1S/C16H23N3O3/c1-11(19(2)10-15(20)17-12-7-8-12)16(21)18-13-5-4-6-14(9-13)22-3/h4-6,9,11-12H,7-8,10H2,1-3H3,(H,17,20)(H,18,21)/p+1/t11-/m1/s1. The van der Waals surface area contributed by atoms with Gasteiger partial charge in [0.15, 0.2) is 12.6 Å². The normalized spacial score (nSPS) is 16.5. The monoisotopic (exact) mass is 306 g/mol. The van der Waals surface area contributed by atoms with Crippen molar-refractivity contribution in [1.82, 2.24) is 5.32 Å². The zero-order valence-corrected chi connectivity index (χ0v) is 13.3. The van der Waals surface area contributed by atoms with Gasteiger partial charge in [0, 0.05) is 17.8 Å². The van der Waals surface area contributed by atoms with Crippen LogP contribution in [0.3, 0.4) is 0 Å². The Bertz CT molecular complexity index is 543. The van der Waals surface area contributed by atoms with Gasteiger partial charge in [0.2, 0.25) is 0 Å². The maximum atomic E-state index is 12.3. The highest BCUT2D eigenvalue weighted by molar-refractivity contribution is 5.93. The van der Waals surface area contributed by atoms with Gasteiger partial charge >= 0.3 is 0 Å². The first kappa shape index (κ1) is 16.3. The van der Waals surface area contributed by atoms with E-state index < -0.39 is 0 Å². The summed E-state index contributed by atoms with van der Waals surface area (Å²) < 4.78 is 5.13. The number of hydrogen-bond donors (Lipinski definition) is 3. The Balaban J connectivity index is 1.85. The predicted octanol–water partition coefficient (Wildman–Crippen LogP) is -0.184. The molecule has 1 saturated carbocycles. The number of quaternary nitrogens is 1. The summed E-state index contributed by atoms with van der Waals surface area (Å²) in [4.78, 5) is 24.9. The van der Waals surface area contributed by atoms with E-state index in [-0.39, 0.29) is 17.9 Å². The fourth-order valence-electron chi connectivity index (χ4n) is 2.09. The quantitative estimate of drug-likeness (QED) is 0.654. The molecule has 1 aromatic carbocycles. The van der Waals surface area contributed by atoms with Crippen molar-refractivity contribution in [3.05, 3.63) is 24.3 Å². The molecule has 22 heavy (non-hydrogen) atoms. The van der Waals surface area contributed by atoms with Crippen LogP contribution in [0, 0.1) is 0 Å². The highest BCUT2D eigenvalue weighted by Gasteiger charge is 2.27. The summed E-state index contributed by atoms with van der Waals surface area (Å²) in [5.41, 5.74) is 0.687. The minimum absolute atomic E-state index is 0.000954. The van der Waals surface area contributed by atoms with Crippen LogP contribution in [0.4, 0.5) is 5.69 Å². The molecule has 1 aromatic rings. The summed E-state index contributed by atoms with van der Waals surface area (Å²) in [5, 5.41) is 5.79. The van der Waals surface area contributed by atoms with Gasteiger partial charge < -0.3 is 20.3 Å². The summed E-state index contributed by atoms with van der Waals surface area (Å²) >= 11 is 0. The molecule has 0 saturated heterocycles. The van der Waals surface area contributed by atoms with Crippen molar-refractivity contribution in [3.63, 3.8) is 0 Å². The maximum absolute atomic E-state index is 12.3. The lowest BCUT2D eigenvalue weighted by atomic mass is 10.2. The number of nitrogens with one attached hydrogen (secondary N) is 3. The van der Waals surface area contributed by atoms with E-state index in [1.54, 1.807) is 13.2 Å². The number of methoxy groups -OCH3 is 1. The van der Waals surface area contributed by atoms with Crippen molar-refractivity contribution in [3.8, 4) is 5.75 Å². The van der Waals surface area contributed by atoms with Crippen molar-refractivity contribution < 1.29 is 19.2 Å². The molecule has 120 valence electrons. The minimum atomic E-state index is -0.323. The molecular formula is C16H24N3O3+. The zero-order valence-electron chi connectivity index (χ0n) is 13.3. The fourth-order valence-corrected chi connectivity index (χ4v) is 2.09. The molecule has 2 rings (SSSR count). The van der Waals surface area contributed by atoms with Gasteiger partial charge in [0.05, 0.1) is 14.2 Å². The number of benzene rings is 1. The van der Waals surface area contributed by atoms with Crippen molar-refractivity contribution in [2.45, 2.75) is 31.8 Å². The van der Waals surface area contributed by atoms with Gasteiger partial charge in [-0.2, -0.15) is 0 Å². The van der Waals surface area contributed by atoms with Crippen molar-refractivity contribution in [2.75, 3.05) is 26.0 Å². The SMILES string of the molecule is COc1cccc(NC(=O)[C@@H](C)[NH+](C)CC(=O)NC2CC2)c1. The number of carbonyl (C=O) groups is 2. The van der Waals surface area contributed by atoms with Crippen LogP contribution in [0.2, 0.25) is 0 Å². The molecule has 0 radical (unpaired) electrons. The van der Waals surface area contributed by atoms with Gasteiger partial charge in [-0.3, -0.25) is 9.59 Å². The predicted molar refractivity (Wildman–Crippen MR) is 84.0 cm³/mol. The van der Waals surface area contributed by atoms with E-state index in [4.69, 9.17) is 4.74 Å². The topological polar surface area (TPSA) is 71.9 Å². The second-order valence-electron chi connectivity index (χ2n) is 5.81. The molecule has 0 aliphatic heterocycles. The Hall–Kier alpha value is -2.08. The van der Waals surface area contributed by atoms with Gasteiger partial charge in [-0.25, -0.2) is 0 Å². The highest BCUT2D eigenvalue weighted by atomic mass is 16.5. The van der Waals surface area contributed by atoms with Crippen LogP contribution in [-0.4, -0.2) is 44.6 Å². The summed E-state index contributed by atoms with van der Waals surface area (Å²) in [5.74, 6) is 0.570. The third-order valence-corrected chi connectivity index (χ3v) is 3.85. The van der Waals surface area contributed by atoms with Crippen LogP contribution in [0.15, 0.2) is 24.3 Å². The van der Waals surface area contributed by atoms with Gasteiger partial charge in [-0.1, -0.05) is 6.07 Å². The molecule has 0 aromatic heterocycles. The number of likely N-dealkylation sites (N-methyl/N-ethyl adjacent to an activating group) is 1. The van der Waals surface area contributed by atoms with Gasteiger partial charge in [0.25, 0.3) is 11.8 Å². The number of amides is 2. The first-order chi connectivity index (χ1) is 10.5. The van der Waals surface area contributed by atoms with E-state index >= 15 is 0 Å². The zero-order chi connectivity index (χ0) is 16.1. The molecular weight excluding hydrogens is 282 g/mol. The lowest BCUT2D eigenvalue weighted by molar-refractivity contribution is -0.885. The smallest absolute Gasteiger partial charge is 0.282 e. The third-order valence-electron chi connectivity index (χ3n) is 3.85. The second-order valence-corrected chi connectivity index (χ2v) is 5.81. The second kappa shape index (κ2) is 7.26. The van der Waals surface area contributed by atoms with Gasteiger partial charge in [0.1, 0.15) is 5.75 Å². The minimum Gasteiger partial charge on any atom is -0.497 e. The summed E-state index contributed by atoms with van der Waals surface area (Å²) in [7, 11) is 3.43. The molecule has 1 fully saturated rings. The average molecular weight is 306 g/mol. The van der Waals surface area contributed by atoms with Crippen LogP contribution in [0.1, 0.15) is 19.8 Å². The largest absolute Gasteiger partial charge is 0.497 e. The Morgan fingerprint density at radius 2 is 2.14 bits per heavy atom. The molecule has 6 nitrogen and oxygen atoms in total. The van der Waals surface area contributed by atoms with Crippen molar-refractivity contribution >= 4 is 17.5 Å². The van der Waals surface area contributed by atoms with E-state index in [9.17, 15) is 9.59 Å². The maximum Gasteiger partial charge on any atom is 0.282 e. The lowest BCUT2D eigenvalue weighted by Gasteiger charge is -2.20. The molecule has 1 aliphatic carbocycles. The number of hydrogen-bond acceptors (Lipinski definition) is 3. The lowest BCUT2D eigenvalue weighted by Crippen LogP contribution is -3.15. The van der Waals surface area contributed by atoms with Gasteiger partial charge in [-0.05, 0) is 31.9 Å². The average Bonchev–Trinajstić information content (AvgIpc) is 3.30. The number of anilines is 1. The molecule has 2 amide bonds. The number of rotatable bonds is 7. The molecule has 3 N–H and O–H groups in total. The van der Waals surface area contributed by atoms with E-state index in [2.05, 4.69) is 10.6 Å². The van der Waals surface area contributed by atoms with Crippen molar-refractivity contribution in [2.24, 2.45) is 0 Å². The molecule has 0 spiro atoms. The van der Waals surface area contributed by atoms with Crippen LogP contribution < -0.4 is 20.3 Å². The van der Waals surface area contributed by atoms with Crippen LogP contribution >= 0.6 is 0 Å². The summed E-state index contributed by atoms with van der Waals surface area (Å²) in [6.45, 7) is 2.11. The van der Waals surface area contributed by atoms with Crippen LogP contribution in [-0.2, 0) is 9.59 Å². The molecule has 6 heteroatoms. The van der Waals surface area contributed by atoms with E-state index in [1.807, 2.05) is 32.2 Å². The van der Waals surface area contributed by atoms with Crippen LogP contribution in [0.5, 0.6) is 5.75 Å². The Kier molecular flexibility index (Phi) is 5.38. The Morgan fingerprint density at radius 1 is 1.41 bits per heavy atom. The molecule has 1 unspecified atom stereocenters. The van der Waals surface area contributed by atoms with E-state index in [0.29, 0.717) is 24.0 Å². The first-order valence-electron chi connectivity index (χ1n) is 7.56. The fraction of sp³-hybridized carbons (Fsp3) is 0.500.